The molecule has 2 N–H and O–H groups in total. The molecular weight excluding hydrogens is 304 g/mol. The van der Waals surface area contributed by atoms with Gasteiger partial charge in [-0.25, -0.2) is 9.48 Å². The van der Waals surface area contributed by atoms with Crippen molar-refractivity contribution in [1.82, 2.24) is 15.1 Å². The molecule has 1 aromatic carbocycles. The SMILES string of the molecule is Cc1cc(NC(=O)NC2CCOc3ccccc32)n(C(C)(C)C)n1. The number of para-hydroxylation sites is 1. The number of benzene rings is 1. The van der Waals surface area contributed by atoms with Crippen LogP contribution in [0.1, 0.15) is 44.5 Å². The predicted octanol–water partition coefficient (Wildman–Crippen LogP) is 3.59. The number of hydrogen-bond acceptors (Lipinski definition) is 3. The predicted molar refractivity (Wildman–Crippen MR) is 93.4 cm³/mol. The Labute approximate surface area is 142 Å². The van der Waals surface area contributed by atoms with E-state index in [-0.39, 0.29) is 17.6 Å². The Hall–Kier alpha value is -2.50. The van der Waals surface area contributed by atoms with Crippen molar-refractivity contribution in [3.63, 3.8) is 0 Å². The second-order valence-electron chi connectivity index (χ2n) is 7.08. The molecule has 2 heterocycles. The number of amides is 2. The first kappa shape index (κ1) is 16.4. The summed E-state index contributed by atoms with van der Waals surface area (Å²) in [6.45, 7) is 8.67. The van der Waals surface area contributed by atoms with Gasteiger partial charge in [0.2, 0.25) is 0 Å². The Morgan fingerprint density at radius 2 is 2.08 bits per heavy atom. The maximum absolute atomic E-state index is 12.5. The quantitative estimate of drug-likeness (QED) is 0.885. The van der Waals surface area contributed by atoms with Crippen molar-refractivity contribution >= 4 is 11.8 Å². The maximum atomic E-state index is 12.5. The van der Waals surface area contributed by atoms with E-state index in [1.807, 2.05) is 41.9 Å². The van der Waals surface area contributed by atoms with Gasteiger partial charge < -0.3 is 10.1 Å². The Kier molecular flexibility index (Phi) is 4.22. The van der Waals surface area contributed by atoms with E-state index < -0.39 is 0 Å². The average Bonchev–Trinajstić information content (AvgIpc) is 2.88. The molecule has 0 saturated carbocycles. The third-order valence-electron chi connectivity index (χ3n) is 3.97. The normalized spacial score (nSPS) is 16.9. The number of hydrogen-bond donors (Lipinski definition) is 2. The van der Waals surface area contributed by atoms with Gasteiger partial charge in [0.15, 0.2) is 0 Å². The first-order valence-corrected chi connectivity index (χ1v) is 8.21. The van der Waals surface area contributed by atoms with E-state index in [4.69, 9.17) is 4.74 Å². The van der Waals surface area contributed by atoms with Gasteiger partial charge in [-0.3, -0.25) is 5.32 Å². The van der Waals surface area contributed by atoms with Crippen LogP contribution in [0.3, 0.4) is 0 Å². The molecule has 0 bridgehead atoms. The molecule has 0 aliphatic carbocycles. The second kappa shape index (κ2) is 6.19. The van der Waals surface area contributed by atoms with Crippen molar-refractivity contribution < 1.29 is 9.53 Å². The highest BCUT2D eigenvalue weighted by atomic mass is 16.5. The van der Waals surface area contributed by atoms with Gasteiger partial charge in [0.1, 0.15) is 11.6 Å². The van der Waals surface area contributed by atoms with E-state index in [1.54, 1.807) is 0 Å². The third-order valence-corrected chi connectivity index (χ3v) is 3.97. The van der Waals surface area contributed by atoms with Crippen molar-refractivity contribution in [2.24, 2.45) is 0 Å². The fourth-order valence-corrected chi connectivity index (χ4v) is 2.90. The van der Waals surface area contributed by atoms with Crippen molar-refractivity contribution in [3.05, 3.63) is 41.6 Å². The summed E-state index contributed by atoms with van der Waals surface area (Å²) in [5.41, 5.74) is 1.68. The van der Waals surface area contributed by atoms with E-state index in [9.17, 15) is 4.79 Å². The number of nitrogens with one attached hydrogen (secondary N) is 2. The number of anilines is 1. The molecule has 2 amide bonds. The van der Waals surface area contributed by atoms with Crippen LogP contribution in [0.25, 0.3) is 0 Å². The van der Waals surface area contributed by atoms with Crippen LogP contribution in [0, 0.1) is 6.92 Å². The molecule has 6 heteroatoms. The Morgan fingerprint density at radius 3 is 2.83 bits per heavy atom. The minimum Gasteiger partial charge on any atom is -0.493 e. The van der Waals surface area contributed by atoms with Gasteiger partial charge in [-0.05, 0) is 33.8 Å². The number of aryl methyl sites for hydroxylation is 1. The number of carbonyl (C=O) groups is 1. The van der Waals surface area contributed by atoms with Gasteiger partial charge in [-0.15, -0.1) is 0 Å². The molecule has 0 saturated heterocycles. The zero-order valence-corrected chi connectivity index (χ0v) is 14.6. The van der Waals surface area contributed by atoms with E-state index in [1.165, 1.54) is 0 Å². The Balaban J connectivity index is 1.74. The lowest BCUT2D eigenvalue weighted by atomic mass is 10.0. The summed E-state index contributed by atoms with van der Waals surface area (Å²) in [4.78, 5) is 12.5. The summed E-state index contributed by atoms with van der Waals surface area (Å²) < 4.78 is 7.47. The highest BCUT2D eigenvalue weighted by Gasteiger charge is 2.24. The lowest BCUT2D eigenvalue weighted by molar-refractivity contribution is 0.232. The summed E-state index contributed by atoms with van der Waals surface area (Å²) >= 11 is 0. The zero-order valence-electron chi connectivity index (χ0n) is 14.6. The largest absolute Gasteiger partial charge is 0.493 e. The van der Waals surface area contributed by atoms with Crippen LogP contribution >= 0.6 is 0 Å². The molecule has 0 spiro atoms. The third kappa shape index (κ3) is 3.37. The van der Waals surface area contributed by atoms with Crippen LogP contribution in [-0.2, 0) is 5.54 Å². The van der Waals surface area contributed by atoms with Crippen LogP contribution in [0.4, 0.5) is 10.6 Å². The average molecular weight is 328 g/mol. The molecule has 6 nitrogen and oxygen atoms in total. The topological polar surface area (TPSA) is 68.2 Å². The maximum Gasteiger partial charge on any atom is 0.320 e. The molecule has 1 aromatic heterocycles. The molecule has 1 atom stereocenters. The molecule has 128 valence electrons. The summed E-state index contributed by atoms with van der Waals surface area (Å²) in [5, 5.41) is 10.4. The van der Waals surface area contributed by atoms with Gasteiger partial charge in [0.25, 0.3) is 0 Å². The lowest BCUT2D eigenvalue weighted by Crippen LogP contribution is -2.36. The van der Waals surface area contributed by atoms with E-state index in [2.05, 4.69) is 36.5 Å². The number of fused-ring (bicyclic) bond motifs is 1. The van der Waals surface area contributed by atoms with Crippen molar-refractivity contribution in [2.75, 3.05) is 11.9 Å². The molecule has 1 unspecified atom stereocenters. The Bertz CT molecular complexity index is 746. The van der Waals surface area contributed by atoms with E-state index >= 15 is 0 Å². The molecule has 3 rings (SSSR count). The molecule has 1 aliphatic rings. The molecule has 1 aliphatic heterocycles. The van der Waals surface area contributed by atoms with Crippen LogP contribution < -0.4 is 15.4 Å². The molecule has 2 aromatic rings. The van der Waals surface area contributed by atoms with Gasteiger partial charge in [0.05, 0.1) is 23.9 Å². The molecular formula is C18H24N4O2. The summed E-state index contributed by atoms with van der Waals surface area (Å²) in [6.07, 6.45) is 0.752. The van der Waals surface area contributed by atoms with Crippen LogP contribution in [-0.4, -0.2) is 22.4 Å². The summed E-state index contributed by atoms with van der Waals surface area (Å²) in [5.74, 6) is 1.53. The van der Waals surface area contributed by atoms with Gasteiger partial charge in [0, 0.05) is 18.1 Å². The minimum absolute atomic E-state index is 0.0537. The molecule has 0 fully saturated rings. The highest BCUT2D eigenvalue weighted by Crippen LogP contribution is 2.31. The van der Waals surface area contributed by atoms with E-state index in [0.717, 1.165) is 23.4 Å². The van der Waals surface area contributed by atoms with Gasteiger partial charge in [-0.2, -0.15) is 5.10 Å². The number of carbonyl (C=O) groups excluding carboxylic acids is 1. The van der Waals surface area contributed by atoms with Crippen LogP contribution in [0.15, 0.2) is 30.3 Å². The zero-order chi connectivity index (χ0) is 17.3. The fraction of sp³-hybridized carbons (Fsp3) is 0.444. The Morgan fingerprint density at radius 1 is 1.33 bits per heavy atom. The van der Waals surface area contributed by atoms with Crippen molar-refractivity contribution in [1.29, 1.82) is 0 Å². The molecule has 24 heavy (non-hydrogen) atoms. The number of urea groups is 1. The van der Waals surface area contributed by atoms with Gasteiger partial charge in [-0.1, -0.05) is 18.2 Å². The standard InChI is InChI=1S/C18H24N4O2/c1-12-11-16(22(21-12)18(2,3)4)20-17(23)19-14-9-10-24-15-8-6-5-7-13(14)15/h5-8,11,14H,9-10H2,1-4H3,(H2,19,20,23). The van der Waals surface area contributed by atoms with Crippen LogP contribution in [0.2, 0.25) is 0 Å². The van der Waals surface area contributed by atoms with Gasteiger partial charge >= 0.3 is 6.03 Å². The smallest absolute Gasteiger partial charge is 0.320 e. The number of ether oxygens (including phenoxy) is 1. The van der Waals surface area contributed by atoms with E-state index in [0.29, 0.717) is 12.4 Å². The van der Waals surface area contributed by atoms with Crippen molar-refractivity contribution in [2.45, 2.75) is 45.7 Å². The highest BCUT2D eigenvalue weighted by molar-refractivity contribution is 5.88. The first-order valence-electron chi connectivity index (χ1n) is 8.21. The number of aromatic nitrogens is 2. The second-order valence-corrected chi connectivity index (χ2v) is 7.08. The number of rotatable bonds is 2. The number of nitrogens with zero attached hydrogens (tertiary/aromatic N) is 2. The summed E-state index contributed by atoms with van der Waals surface area (Å²) in [7, 11) is 0. The van der Waals surface area contributed by atoms with Crippen LogP contribution in [0.5, 0.6) is 5.75 Å². The minimum atomic E-state index is -0.234. The lowest BCUT2D eigenvalue weighted by Gasteiger charge is -2.27. The van der Waals surface area contributed by atoms with Crippen molar-refractivity contribution in [3.8, 4) is 5.75 Å². The fourth-order valence-electron chi connectivity index (χ4n) is 2.90. The first-order chi connectivity index (χ1) is 11.3. The molecule has 0 radical (unpaired) electrons. The monoisotopic (exact) mass is 328 g/mol. The summed E-state index contributed by atoms with van der Waals surface area (Å²) in [6, 6.07) is 9.40.